The molecule has 0 atom stereocenters. The Kier molecular flexibility index (Phi) is 5.80. The van der Waals surface area contributed by atoms with Gasteiger partial charge in [-0.25, -0.2) is 0 Å². The Morgan fingerprint density at radius 1 is 0.571 bits per heavy atom. The fraction of sp³-hybridized carbons (Fsp3) is 0.250. The van der Waals surface area contributed by atoms with Gasteiger partial charge in [0.15, 0.2) is 11.5 Å². The molecule has 3 heteroatoms. The maximum Gasteiger partial charge on any atom is 0.152 e. The molecule has 35 heavy (non-hydrogen) atoms. The van der Waals surface area contributed by atoms with Gasteiger partial charge < -0.3 is 9.64 Å². The van der Waals surface area contributed by atoms with Crippen molar-refractivity contribution in [3.05, 3.63) is 101 Å². The maximum absolute atomic E-state index is 6.46. The normalized spacial score (nSPS) is 13.2. The van der Waals surface area contributed by atoms with Crippen molar-refractivity contribution >= 4 is 33.0 Å². The van der Waals surface area contributed by atoms with Crippen molar-refractivity contribution in [3.63, 3.8) is 0 Å². The van der Waals surface area contributed by atoms with Gasteiger partial charge >= 0.3 is 0 Å². The first-order valence-corrected chi connectivity index (χ1v) is 12.9. The van der Waals surface area contributed by atoms with E-state index >= 15 is 0 Å². The third-order valence-electron chi connectivity index (χ3n) is 6.66. The second-order valence-electron chi connectivity index (χ2n) is 11.4. The summed E-state index contributed by atoms with van der Waals surface area (Å²) in [5, 5.41) is 0. The molecule has 178 valence electrons. The van der Waals surface area contributed by atoms with Crippen LogP contribution in [-0.2, 0) is 10.8 Å². The highest BCUT2D eigenvalue weighted by Crippen LogP contribution is 2.52. The van der Waals surface area contributed by atoms with E-state index in [-0.39, 0.29) is 10.8 Å². The van der Waals surface area contributed by atoms with Gasteiger partial charge in [-0.2, -0.15) is 0 Å². The summed E-state index contributed by atoms with van der Waals surface area (Å²) in [6.07, 6.45) is 0. The third kappa shape index (κ3) is 4.62. The van der Waals surface area contributed by atoms with Crippen LogP contribution in [0.4, 0.5) is 17.1 Å². The average Bonchev–Trinajstić information content (AvgIpc) is 2.81. The molecular weight excluding hydrogens is 494 g/mol. The summed E-state index contributed by atoms with van der Waals surface area (Å²) in [7, 11) is 0. The summed E-state index contributed by atoms with van der Waals surface area (Å²) in [5.41, 5.74) is 8.42. The highest BCUT2D eigenvalue weighted by molar-refractivity contribution is 9.10. The molecule has 0 saturated heterocycles. The van der Waals surface area contributed by atoms with Gasteiger partial charge in [0.25, 0.3) is 0 Å². The Morgan fingerprint density at radius 2 is 1.06 bits per heavy atom. The summed E-state index contributed by atoms with van der Waals surface area (Å²) in [5.74, 6) is 1.69. The Morgan fingerprint density at radius 3 is 1.63 bits per heavy atom. The summed E-state index contributed by atoms with van der Waals surface area (Å²) in [6.45, 7) is 13.5. The van der Waals surface area contributed by atoms with Crippen LogP contribution >= 0.6 is 15.9 Å². The van der Waals surface area contributed by atoms with E-state index in [4.69, 9.17) is 4.74 Å². The number of rotatable bonds is 2. The second-order valence-corrected chi connectivity index (χ2v) is 12.3. The molecular formula is C32H32BrNO. The van der Waals surface area contributed by atoms with Crippen LogP contribution in [0, 0.1) is 0 Å². The zero-order valence-electron chi connectivity index (χ0n) is 21.3. The lowest BCUT2D eigenvalue weighted by atomic mass is 9.86. The van der Waals surface area contributed by atoms with Crippen LogP contribution in [0.3, 0.4) is 0 Å². The molecule has 2 nitrogen and oxygen atoms in total. The van der Waals surface area contributed by atoms with Crippen molar-refractivity contribution in [1.82, 2.24) is 0 Å². The number of hydrogen-bond donors (Lipinski definition) is 0. The molecule has 1 aliphatic heterocycles. The van der Waals surface area contributed by atoms with Gasteiger partial charge in [-0.05, 0) is 75.5 Å². The predicted molar refractivity (Wildman–Crippen MR) is 152 cm³/mol. The van der Waals surface area contributed by atoms with Gasteiger partial charge in [0.1, 0.15) is 0 Å². The Hall–Kier alpha value is -3.04. The van der Waals surface area contributed by atoms with E-state index in [0.717, 1.165) is 38.6 Å². The molecule has 0 aromatic heterocycles. The van der Waals surface area contributed by atoms with Crippen molar-refractivity contribution in [2.45, 2.75) is 52.4 Å². The van der Waals surface area contributed by atoms with E-state index in [9.17, 15) is 0 Å². The first-order valence-electron chi connectivity index (χ1n) is 12.1. The van der Waals surface area contributed by atoms with Crippen molar-refractivity contribution in [3.8, 4) is 22.6 Å². The van der Waals surface area contributed by atoms with E-state index in [2.05, 4.69) is 141 Å². The molecule has 0 saturated carbocycles. The van der Waals surface area contributed by atoms with Crippen molar-refractivity contribution in [2.24, 2.45) is 0 Å². The molecule has 5 rings (SSSR count). The number of anilines is 3. The monoisotopic (exact) mass is 525 g/mol. The van der Waals surface area contributed by atoms with Gasteiger partial charge in [-0.3, -0.25) is 0 Å². The first kappa shape index (κ1) is 23.7. The summed E-state index contributed by atoms with van der Waals surface area (Å²) < 4.78 is 7.45. The number of ether oxygens (including phenoxy) is 1. The van der Waals surface area contributed by atoms with Crippen LogP contribution in [0.1, 0.15) is 52.7 Å². The molecule has 1 heterocycles. The quantitative estimate of drug-likeness (QED) is 0.227. The smallest absolute Gasteiger partial charge is 0.152 e. The van der Waals surface area contributed by atoms with Gasteiger partial charge in [-0.15, -0.1) is 0 Å². The molecule has 1 aliphatic rings. The minimum absolute atomic E-state index is 0.113. The molecule has 0 N–H and O–H groups in total. The molecule has 0 amide bonds. The fourth-order valence-corrected chi connectivity index (χ4v) is 4.85. The summed E-state index contributed by atoms with van der Waals surface area (Å²) >= 11 is 3.61. The number of fused-ring (bicyclic) bond motifs is 2. The number of benzene rings is 4. The van der Waals surface area contributed by atoms with Crippen LogP contribution in [0.5, 0.6) is 11.5 Å². The number of halogens is 1. The van der Waals surface area contributed by atoms with Crippen molar-refractivity contribution in [1.29, 1.82) is 0 Å². The lowest BCUT2D eigenvalue weighted by molar-refractivity contribution is 0.477. The van der Waals surface area contributed by atoms with Crippen LogP contribution in [0.25, 0.3) is 11.1 Å². The lowest BCUT2D eigenvalue weighted by Crippen LogP contribution is -2.16. The molecule has 4 aromatic carbocycles. The largest absolute Gasteiger partial charge is 0.453 e. The Bertz CT molecular complexity index is 1370. The van der Waals surface area contributed by atoms with Gasteiger partial charge in [-0.1, -0.05) is 99.9 Å². The topological polar surface area (TPSA) is 12.5 Å². The summed E-state index contributed by atoms with van der Waals surface area (Å²) in [6, 6.07) is 30.5. The zero-order chi connectivity index (χ0) is 25.0. The molecule has 0 fully saturated rings. The SMILES string of the molecule is CC(C)(C)c1ccc(-c2ccc3c(c2)Oc2cc(Br)ccc2N3c2ccc(C(C)(C)C)cc2)cc1. The van der Waals surface area contributed by atoms with Crippen LogP contribution < -0.4 is 9.64 Å². The Balaban J connectivity index is 1.59. The van der Waals surface area contributed by atoms with Gasteiger partial charge in [0.2, 0.25) is 0 Å². The molecule has 0 unspecified atom stereocenters. The minimum atomic E-state index is 0.113. The van der Waals surface area contributed by atoms with E-state index in [1.54, 1.807) is 0 Å². The molecule has 0 aliphatic carbocycles. The van der Waals surface area contributed by atoms with E-state index in [1.807, 2.05) is 6.07 Å². The number of nitrogens with zero attached hydrogens (tertiary/aromatic N) is 1. The molecule has 0 bridgehead atoms. The average molecular weight is 527 g/mol. The van der Waals surface area contributed by atoms with Crippen LogP contribution in [-0.4, -0.2) is 0 Å². The zero-order valence-corrected chi connectivity index (χ0v) is 22.9. The lowest BCUT2D eigenvalue weighted by Gasteiger charge is -2.33. The van der Waals surface area contributed by atoms with Crippen molar-refractivity contribution in [2.75, 3.05) is 4.90 Å². The van der Waals surface area contributed by atoms with Crippen molar-refractivity contribution < 1.29 is 4.74 Å². The van der Waals surface area contributed by atoms with E-state index < -0.39 is 0 Å². The minimum Gasteiger partial charge on any atom is -0.453 e. The predicted octanol–water partition coefficient (Wildman–Crippen LogP) is 10.3. The standard InChI is InChI=1S/C32H32BrNO/c1-31(2,3)23-10-7-21(8-11-23)22-9-17-27-29(19-22)35-30-20-25(33)14-18-28(30)34(27)26-15-12-24(13-16-26)32(4,5)6/h7-20H,1-6H3. The van der Waals surface area contributed by atoms with E-state index in [1.165, 1.54) is 16.7 Å². The third-order valence-corrected chi connectivity index (χ3v) is 7.15. The fourth-order valence-electron chi connectivity index (χ4n) is 4.51. The van der Waals surface area contributed by atoms with Gasteiger partial charge in [0.05, 0.1) is 11.4 Å². The highest BCUT2D eigenvalue weighted by Gasteiger charge is 2.27. The number of hydrogen-bond acceptors (Lipinski definition) is 2. The van der Waals surface area contributed by atoms with Crippen LogP contribution in [0.2, 0.25) is 0 Å². The molecule has 0 radical (unpaired) electrons. The van der Waals surface area contributed by atoms with Crippen LogP contribution in [0.15, 0.2) is 89.4 Å². The van der Waals surface area contributed by atoms with E-state index in [0.29, 0.717) is 0 Å². The molecule has 0 spiro atoms. The highest BCUT2D eigenvalue weighted by atomic mass is 79.9. The Labute approximate surface area is 217 Å². The molecule has 4 aromatic rings. The maximum atomic E-state index is 6.46. The second kappa shape index (κ2) is 8.57. The first-order chi connectivity index (χ1) is 16.5. The van der Waals surface area contributed by atoms with Gasteiger partial charge in [0, 0.05) is 10.2 Å². The summed E-state index contributed by atoms with van der Waals surface area (Å²) in [4.78, 5) is 2.29.